The second-order valence-electron chi connectivity index (χ2n) is 5.94. The topological polar surface area (TPSA) is 67.9 Å². The van der Waals surface area contributed by atoms with Gasteiger partial charge in [0.05, 0.1) is 25.2 Å². The summed E-state index contributed by atoms with van der Waals surface area (Å²) in [5.74, 6) is 1.25. The number of nitrogens with one attached hydrogen (secondary N) is 1. The molecule has 0 saturated carbocycles. The fraction of sp³-hybridized carbons (Fsp3) is 0.500. The van der Waals surface area contributed by atoms with Crippen LogP contribution in [0.3, 0.4) is 0 Å². The summed E-state index contributed by atoms with van der Waals surface area (Å²) in [5, 5.41) is 2.78. The van der Waals surface area contributed by atoms with Gasteiger partial charge in [0.2, 0.25) is 11.8 Å². The first-order chi connectivity index (χ1) is 12.5. The molecule has 0 bridgehead atoms. The van der Waals surface area contributed by atoms with Gasteiger partial charge in [0.25, 0.3) is 0 Å². The lowest BCUT2D eigenvalue weighted by Crippen LogP contribution is -2.31. The van der Waals surface area contributed by atoms with Gasteiger partial charge in [-0.2, -0.15) is 0 Å². The summed E-state index contributed by atoms with van der Waals surface area (Å²) in [6.45, 7) is 2.50. The van der Waals surface area contributed by atoms with Crippen LogP contribution in [0, 0.1) is 0 Å². The first-order valence-corrected chi connectivity index (χ1v) is 9.79. The van der Waals surface area contributed by atoms with Crippen molar-refractivity contribution in [2.45, 2.75) is 37.9 Å². The van der Waals surface area contributed by atoms with Crippen LogP contribution in [0.25, 0.3) is 0 Å². The molecule has 142 valence electrons. The number of amides is 2. The monoisotopic (exact) mass is 396 g/mol. The predicted octanol–water partition coefficient (Wildman–Crippen LogP) is 3.45. The molecule has 2 amide bonds. The maximum atomic E-state index is 12.1. The summed E-state index contributed by atoms with van der Waals surface area (Å²) in [6, 6.07) is 5.26. The van der Waals surface area contributed by atoms with Gasteiger partial charge in [-0.05, 0) is 31.9 Å². The molecule has 0 aliphatic carbocycles. The van der Waals surface area contributed by atoms with Crippen molar-refractivity contribution in [3.05, 3.63) is 18.2 Å². The lowest BCUT2D eigenvalue weighted by molar-refractivity contribution is -0.125. The highest BCUT2D eigenvalue weighted by molar-refractivity contribution is 8.24. The van der Waals surface area contributed by atoms with Crippen molar-refractivity contribution in [3.63, 3.8) is 0 Å². The van der Waals surface area contributed by atoms with E-state index >= 15 is 0 Å². The number of anilines is 1. The van der Waals surface area contributed by atoms with E-state index in [0.29, 0.717) is 34.5 Å². The van der Waals surface area contributed by atoms with Crippen LogP contribution in [-0.4, -0.2) is 47.0 Å². The average molecular weight is 397 g/mol. The lowest BCUT2D eigenvalue weighted by atomic mass is 10.1. The summed E-state index contributed by atoms with van der Waals surface area (Å²) in [7, 11) is 3.13. The standard InChI is InChI=1S/C18H24N2O4S2/c1-12-17(22)20(18(25)26-12)10-6-4-5-7-16(21)19-14-9-8-13(23-2)11-15(14)24-3/h8-9,11-12H,4-7,10H2,1-3H3,(H,19,21). The van der Waals surface area contributed by atoms with Crippen LogP contribution in [0.1, 0.15) is 32.6 Å². The van der Waals surface area contributed by atoms with Gasteiger partial charge in [-0.25, -0.2) is 0 Å². The zero-order chi connectivity index (χ0) is 19.1. The highest BCUT2D eigenvalue weighted by atomic mass is 32.2. The second-order valence-corrected chi connectivity index (χ2v) is 7.92. The molecule has 1 aliphatic rings. The molecule has 8 heteroatoms. The molecule has 1 saturated heterocycles. The molecular formula is C18H24N2O4S2. The van der Waals surface area contributed by atoms with E-state index in [2.05, 4.69) is 5.32 Å². The SMILES string of the molecule is COc1ccc(NC(=O)CCCCCN2C(=O)C(C)SC2=S)c(OC)c1. The molecule has 6 nitrogen and oxygen atoms in total. The number of carbonyl (C=O) groups is 2. The Morgan fingerprint density at radius 2 is 2.04 bits per heavy atom. The minimum Gasteiger partial charge on any atom is -0.497 e. The molecule has 1 aromatic carbocycles. The quantitative estimate of drug-likeness (QED) is 0.509. The number of hydrogen-bond acceptors (Lipinski definition) is 6. The molecule has 1 fully saturated rings. The fourth-order valence-electron chi connectivity index (χ4n) is 2.62. The maximum Gasteiger partial charge on any atom is 0.241 e. The van der Waals surface area contributed by atoms with E-state index in [1.165, 1.54) is 11.8 Å². The van der Waals surface area contributed by atoms with Crippen molar-refractivity contribution in [1.29, 1.82) is 0 Å². The first kappa shape index (κ1) is 20.5. The summed E-state index contributed by atoms with van der Waals surface area (Å²) >= 11 is 6.65. The molecule has 0 spiro atoms. The van der Waals surface area contributed by atoms with Gasteiger partial charge in [0, 0.05) is 19.0 Å². The number of carbonyl (C=O) groups excluding carboxylic acids is 2. The summed E-state index contributed by atoms with van der Waals surface area (Å²) in [4.78, 5) is 25.7. The van der Waals surface area contributed by atoms with Crippen LogP contribution < -0.4 is 14.8 Å². The van der Waals surface area contributed by atoms with Gasteiger partial charge >= 0.3 is 0 Å². The Morgan fingerprint density at radius 3 is 2.65 bits per heavy atom. The Kier molecular flexibility index (Phi) is 7.71. The summed E-state index contributed by atoms with van der Waals surface area (Å²) < 4.78 is 11.1. The molecule has 26 heavy (non-hydrogen) atoms. The number of unbranched alkanes of at least 4 members (excludes halogenated alkanes) is 2. The Balaban J connectivity index is 1.71. The number of hydrogen-bond donors (Lipinski definition) is 1. The van der Waals surface area contributed by atoms with E-state index < -0.39 is 0 Å². The van der Waals surface area contributed by atoms with Crippen LogP contribution in [0.5, 0.6) is 11.5 Å². The third-order valence-electron chi connectivity index (χ3n) is 4.08. The summed E-state index contributed by atoms with van der Waals surface area (Å²) in [5.41, 5.74) is 0.623. The van der Waals surface area contributed by atoms with Crippen molar-refractivity contribution >= 4 is 45.8 Å². The van der Waals surface area contributed by atoms with Crippen molar-refractivity contribution in [3.8, 4) is 11.5 Å². The Hall–Kier alpha value is -1.80. The van der Waals surface area contributed by atoms with Gasteiger partial charge < -0.3 is 14.8 Å². The summed E-state index contributed by atoms with van der Waals surface area (Å²) in [6.07, 6.45) is 2.86. The molecule has 1 atom stereocenters. The highest BCUT2D eigenvalue weighted by Crippen LogP contribution is 2.29. The molecule has 1 N–H and O–H groups in total. The van der Waals surface area contributed by atoms with E-state index in [9.17, 15) is 9.59 Å². The molecule has 1 heterocycles. The Bertz CT molecular complexity index is 681. The maximum absolute atomic E-state index is 12.1. The van der Waals surface area contributed by atoms with Crippen molar-refractivity contribution in [2.75, 3.05) is 26.1 Å². The van der Waals surface area contributed by atoms with E-state index in [4.69, 9.17) is 21.7 Å². The zero-order valence-electron chi connectivity index (χ0n) is 15.2. The van der Waals surface area contributed by atoms with Gasteiger partial charge in [0.1, 0.15) is 15.8 Å². The number of rotatable bonds is 9. The number of ether oxygens (including phenoxy) is 2. The smallest absolute Gasteiger partial charge is 0.241 e. The van der Waals surface area contributed by atoms with Crippen LogP contribution >= 0.6 is 24.0 Å². The molecule has 1 aromatic rings. The minimum absolute atomic E-state index is 0.0644. The molecular weight excluding hydrogens is 372 g/mol. The molecule has 1 aliphatic heterocycles. The number of thioether (sulfide) groups is 1. The number of thiocarbonyl (C=S) groups is 1. The van der Waals surface area contributed by atoms with E-state index in [1.807, 2.05) is 6.92 Å². The van der Waals surface area contributed by atoms with E-state index in [0.717, 1.165) is 19.3 Å². The van der Waals surface area contributed by atoms with Crippen molar-refractivity contribution < 1.29 is 19.1 Å². The third kappa shape index (κ3) is 5.35. The molecule has 0 aromatic heterocycles. The number of nitrogens with zero attached hydrogens (tertiary/aromatic N) is 1. The molecule has 0 radical (unpaired) electrons. The van der Waals surface area contributed by atoms with E-state index in [1.54, 1.807) is 37.3 Å². The normalized spacial score (nSPS) is 16.7. The largest absolute Gasteiger partial charge is 0.497 e. The van der Waals surface area contributed by atoms with Crippen molar-refractivity contribution in [2.24, 2.45) is 0 Å². The van der Waals surface area contributed by atoms with Gasteiger partial charge in [-0.3, -0.25) is 14.5 Å². The van der Waals surface area contributed by atoms with Crippen LogP contribution in [-0.2, 0) is 9.59 Å². The van der Waals surface area contributed by atoms with Crippen LogP contribution in [0.4, 0.5) is 5.69 Å². The Morgan fingerprint density at radius 1 is 1.27 bits per heavy atom. The minimum atomic E-state index is -0.0762. The first-order valence-electron chi connectivity index (χ1n) is 8.50. The lowest BCUT2D eigenvalue weighted by Gasteiger charge is -2.15. The predicted molar refractivity (Wildman–Crippen MR) is 108 cm³/mol. The van der Waals surface area contributed by atoms with Gasteiger partial charge in [-0.15, -0.1) is 0 Å². The second kappa shape index (κ2) is 9.78. The Labute approximate surface area is 163 Å². The van der Waals surface area contributed by atoms with Crippen LogP contribution in [0.15, 0.2) is 18.2 Å². The number of benzene rings is 1. The fourth-order valence-corrected chi connectivity index (χ4v) is 4.08. The van der Waals surface area contributed by atoms with E-state index in [-0.39, 0.29) is 17.1 Å². The zero-order valence-corrected chi connectivity index (χ0v) is 16.9. The van der Waals surface area contributed by atoms with Crippen LogP contribution in [0.2, 0.25) is 0 Å². The van der Waals surface area contributed by atoms with Gasteiger partial charge in [0.15, 0.2) is 0 Å². The average Bonchev–Trinajstić information content (AvgIpc) is 2.87. The third-order valence-corrected chi connectivity index (χ3v) is 5.57. The highest BCUT2D eigenvalue weighted by Gasteiger charge is 2.32. The number of methoxy groups -OCH3 is 2. The van der Waals surface area contributed by atoms with Crippen molar-refractivity contribution in [1.82, 2.24) is 4.90 Å². The molecule has 2 rings (SSSR count). The molecule has 1 unspecified atom stereocenters. The van der Waals surface area contributed by atoms with Gasteiger partial charge in [-0.1, -0.05) is 30.4 Å².